The van der Waals surface area contributed by atoms with E-state index >= 15 is 0 Å². The third-order valence-corrected chi connectivity index (χ3v) is 3.78. The van der Waals surface area contributed by atoms with Crippen molar-refractivity contribution in [1.29, 1.82) is 0 Å². The Morgan fingerprint density at radius 1 is 1.55 bits per heavy atom. The monoisotopic (exact) mass is 303 g/mol. The third kappa shape index (κ3) is 3.13. The molecule has 1 aromatic rings. The molecule has 6 nitrogen and oxygen atoms in total. The number of carbonyl (C=O) groups is 1. The van der Waals surface area contributed by atoms with E-state index in [0.717, 1.165) is 12.8 Å². The van der Waals surface area contributed by atoms with Gasteiger partial charge >= 0.3 is 0 Å². The van der Waals surface area contributed by atoms with Crippen molar-refractivity contribution in [3.8, 4) is 0 Å². The summed E-state index contributed by atoms with van der Waals surface area (Å²) in [6.45, 7) is 4.63. The fourth-order valence-electron chi connectivity index (χ4n) is 2.65. The molecule has 0 aromatic carbocycles. The van der Waals surface area contributed by atoms with Crippen LogP contribution in [0.3, 0.4) is 0 Å². The van der Waals surface area contributed by atoms with Crippen molar-refractivity contribution in [2.75, 3.05) is 20.2 Å². The number of nitrogens with two attached hydrogens (primary N) is 1. The van der Waals surface area contributed by atoms with Crippen molar-refractivity contribution in [3.05, 3.63) is 17.0 Å². The standard InChI is InChI=1S/C13H21N3O3.ClH/c1-8-12(9(2)19-15-8)13(17)16-5-4-11(18-3)6-10(16)7-14;/h10-11H,4-7,14H2,1-3H3;1H. The lowest BCUT2D eigenvalue weighted by Gasteiger charge is -2.38. The molecule has 0 aliphatic carbocycles. The SMILES string of the molecule is COC1CCN(C(=O)c2c(C)noc2C)C(CN)C1.Cl. The highest BCUT2D eigenvalue weighted by Gasteiger charge is 2.33. The summed E-state index contributed by atoms with van der Waals surface area (Å²) in [6.07, 6.45) is 1.80. The summed E-state index contributed by atoms with van der Waals surface area (Å²) in [7, 11) is 1.70. The van der Waals surface area contributed by atoms with E-state index in [4.69, 9.17) is 15.0 Å². The van der Waals surface area contributed by atoms with Crippen molar-refractivity contribution in [2.45, 2.75) is 38.8 Å². The summed E-state index contributed by atoms with van der Waals surface area (Å²) in [5.74, 6) is 0.522. The van der Waals surface area contributed by atoms with Gasteiger partial charge in [0.2, 0.25) is 0 Å². The average Bonchev–Trinajstić information content (AvgIpc) is 2.76. The Balaban J connectivity index is 0.00000200. The molecule has 2 rings (SSSR count). The Labute approximate surface area is 125 Å². The minimum Gasteiger partial charge on any atom is -0.381 e. The number of amides is 1. The van der Waals surface area contributed by atoms with Crippen LogP contribution in [0.15, 0.2) is 4.52 Å². The zero-order chi connectivity index (χ0) is 14.0. The lowest BCUT2D eigenvalue weighted by Crippen LogP contribution is -2.51. The number of hydrogen-bond donors (Lipinski definition) is 1. The molecule has 0 saturated carbocycles. The molecular formula is C13H22ClN3O3. The van der Waals surface area contributed by atoms with Crippen molar-refractivity contribution in [1.82, 2.24) is 10.1 Å². The van der Waals surface area contributed by atoms with E-state index in [1.165, 1.54) is 0 Å². The van der Waals surface area contributed by atoms with Gasteiger partial charge < -0.3 is 19.9 Å². The number of halogens is 1. The fraction of sp³-hybridized carbons (Fsp3) is 0.692. The van der Waals surface area contributed by atoms with Crippen molar-refractivity contribution in [3.63, 3.8) is 0 Å². The van der Waals surface area contributed by atoms with E-state index in [1.54, 1.807) is 21.0 Å². The summed E-state index contributed by atoms with van der Waals surface area (Å²) in [5, 5.41) is 3.84. The van der Waals surface area contributed by atoms with Crippen molar-refractivity contribution in [2.24, 2.45) is 5.73 Å². The molecule has 1 amide bonds. The predicted molar refractivity (Wildman–Crippen MR) is 77.1 cm³/mol. The molecular weight excluding hydrogens is 282 g/mol. The number of methoxy groups -OCH3 is 1. The van der Waals surface area contributed by atoms with Crippen LogP contribution in [0.1, 0.15) is 34.7 Å². The van der Waals surface area contributed by atoms with Gasteiger partial charge in [-0.1, -0.05) is 5.16 Å². The maximum atomic E-state index is 12.6. The van der Waals surface area contributed by atoms with E-state index in [0.29, 0.717) is 30.1 Å². The number of ether oxygens (including phenoxy) is 1. The molecule has 7 heteroatoms. The average molecular weight is 304 g/mol. The molecule has 0 spiro atoms. The third-order valence-electron chi connectivity index (χ3n) is 3.78. The van der Waals surface area contributed by atoms with E-state index in [-0.39, 0.29) is 30.5 Å². The first-order valence-corrected chi connectivity index (χ1v) is 6.55. The largest absolute Gasteiger partial charge is 0.381 e. The van der Waals surface area contributed by atoms with Gasteiger partial charge in [0.25, 0.3) is 5.91 Å². The van der Waals surface area contributed by atoms with E-state index in [1.807, 2.05) is 4.90 Å². The molecule has 1 aliphatic rings. The summed E-state index contributed by atoms with van der Waals surface area (Å²) in [4.78, 5) is 14.4. The number of carbonyl (C=O) groups excluding carboxylic acids is 1. The van der Waals surface area contributed by atoms with Gasteiger partial charge in [-0.15, -0.1) is 12.4 Å². The maximum absolute atomic E-state index is 12.6. The number of piperidine rings is 1. The Hall–Kier alpha value is -1.11. The van der Waals surface area contributed by atoms with Gasteiger partial charge in [0, 0.05) is 26.2 Å². The van der Waals surface area contributed by atoms with Crippen LogP contribution in [0, 0.1) is 13.8 Å². The lowest BCUT2D eigenvalue weighted by molar-refractivity contribution is 0.0138. The lowest BCUT2D eigenvalue weighted by atomic mass is 9.98. The molecule has 1 fully saturated rings. The Bertz CT molecular complexity index is 444. The molecule has 0 bridgehead atoms. The highest BCUT2D eigenvalue weighted by molar-refractivity contribution is 5.96. The molecule has 2 atom stereocenters. The minimum absolute atomic E-state index is 0. The zero-order valence-corrected chi connectivity index (χ0v) is 12.9. The fourth-order valence-corrected chi connectivity index (χ4v) is 2.65. The van der Waals surface area contributed by atoms with Crippen LogP contribution in [-0.4, -0.2) is 48.3 Å². The Morgan fingerprint density at radius 2 is 2.25 bits per heavy atom. The van der Waals surface area contributed by atoms with Crippen molar-refractivity contribution >= 4 is 18.3 Å². The molecule has 1 aliphatic heterocycles. The molecule has 2 heterocycles. The Kier molecular flexibility index (Phi) is 5.98. The first-order chi connectivity index (χ1) is 9.08. The van der Waals surface area contributed by atoms with Gasteiger partial charge in [0.05, 0.1) is 11.8 Å². The number of aromatic nitrogens is 1. The van der Waals surface area contributed by atoms with Gasteiger partial charge in [-0.05, 0) is 26.7 Å². The highest BCUT2D eigenvalue weighted by atomic mass is 35.5. The van der Waals surface area contributed by atoms with Crippen LogP contribution in [0.4, 0.5) is 0 Å². The van der Waals surface area contributed by atoms with Crippen LogP contribution in [-0.2, 0) is 4.74 Å². The molecule has 0 radical (unpaired) electrons. The number of aryl methyl sites for hydroxylation is 2. The summed E-state index contributed by atoms with van der Waals surface area (Å²) in [6, 6.07) is 0.0138. The summed E-state index contributed by atoms with van der Waals surface area (Å²) >= 11 is 0. The van der Waals surface area contributed by atoms with Gasteiger partial charge in [-0.25, -0.2) is 0 Å². The van der Waals surface area contributed by atoms with Crippen LogP contribution in [0.25, 0.3) is 0 Å². The summed E-state index contributed by atoms with van der Waals surface area (Å²) < 4.78 is 10.4. The highest BCUT2D eigenvalue weighted by Crippen LogP contribution is 2.23. The molecule has 1 saturated heterocycles. The molecule has 2 N–H and O–H groups in total. The topological polar surface area (TPSA) is 81.6 Å². The van der Waals surface area contributed by atoms with Gasteiger partial charge in [0.1, 0.15) is 11.3 Å². The number of rotatable bonds is 3. The van der Waals surface area contributed by atoms with Crippen LogP contribution < -0.4 is 5.73 Å². The molecule has 20 heavy (non-hydrogen) atoms. The van der Waals surface area contributed by atoms with Gasteiger partial charge in [-0.2, -0.15) is 0 Å². The smallest absolute Gasteiger partial charge is 0.259 e. The molecule has 114 valence electrons. The van der Waals surface area contributed by atoms with Crippen LogP contribution in [0.2, 0.25) is 0 Å². The first-order valence-electron chi connectivity index (χ1n) is 6.55. The Morgan fingerprint density at radius 3 is 2.75 bits per heavy atom. The molecule has 2 unspecified atom stereocenters. The normalized spacial score (nSPS) is 22.5. The van der Waals surface area contributed by atoms with Crippen LogP contribution >= 0.6 is 12.4 Å². The second-order valence-corrected chi connectivity index (χ2v) is 4.97. The second kappa shape index (κ2) is 7.06. The predicted octanol–water partition coefficient (Wildman–Crippen LogP) is 1.29. The maximum Gasteiger partial charge on any atom is 0.259 e. The van der Waals surface area contributed by atoms with E-state index in [2.05, 4.69) is 5.16 Å². The van der Waals surface area contributed by atoms with Crippen LogP contribution in [0.5, 0.6) is 0 Å². The van der Waals surface area contributed by atoms with E-state index < -0.39 is 0 Å². The van der Waals surface area contributed by atoms with E-state index in [9.17, 15) is 4.79 Å². The number of likely N-dealkylation sites (tertiary alicyclic amines) is 1. The molecule has 1 aromatic heterocycles. The number of nitrogens with zero attached hydrogens (tertiary/aromatic N) is 2. The minimum atomic E-state index is -0.0405. The van der Waals surface area contributed by atoms with Gasteiger partial charge in [-0.3, -0.25) is 4.79 Å². The quantitative estimate of drug-likeness (QED) is 0.910. The zero-order valence-electron chi connectivity index (χ0n) is 12.1. The first kappa shape index (κ1) is 16.9. The number of hydrogen-bond acceptors (Lipinski definition) is 5. The van der Waals surface area contributed by atoms with Gasteiger partial charge in [0.15, 0.2) is 0 Å². The van der Waals surface area contributed by atoms with Crippen molar-refractivity contribution < 1.29 is 14.1 Å². The second-order valence-electron chi connectivity index (χ2n) is 4.97. The summed E-state index contributed by atoms with van der Waals surface area (Å²) in [5.41, 5.74) is 6.99.